The molecule has 1 amide bonds. The molecule has 0 saturated carbocycles. The molecule has 124 valence electrons. The van der Waals surface area contributed by atoms with Crippen molar-refractivity contribution in [3.05, 3.63) is 17.7 Å². The van der Waals surface area contributed by atoms with E-state index in [2.05, 4.69) is 10.2 Å². The predicted octanol–water partition coefficient (Wildman–Crippen LogP) is -0.695. The fraction of sp³-hybridized carbons (Fsp3) is 0.562. The number of carbonyl (C=O) groups is 1. The van der Waals surface area contributed by atoms with Crippen LogP contribution in [0.25, 0.3) is 0 Å². The number of aryl methyl sites for hydroxylation is 1. The predicted molar refractivity (Wildman–Crippen MR) is 83.2 cm³/mol. The first-order valence-corrected chi connectivity index (χ1v) is 7.53. The quantitative estimate of drug-likeness (QED) is 0.751. The molecule has 1 aromatic carbocycles. The number of hydrogen-bond donors (Lipinski definition) is 1. The van der Waals surface area contributed by atoms with E-state index in [0.717, 1.165) is 43.0 Å². The molecule has 0 aromatic heterocycles. The number of ether oxygens (including phenoxy) is 2. The van der Waals surface area contributed by atoms with Crippen LogP contribution in [0, 0.1) is 0 Å². The molecule has 0 atom stereocenters. The Hall–Kier alpha value is -1.46. The van der Waals surface area contributed by atoms with E-state index < -0.39 is 0 Å². The number of benzene rings is 1. The zero-order valence-electron chi connectivity index (χ0n) is 13.4. The Morgan fingerprint density at radius 3 is 2.73 bits per heavy atom. The van der Waals surface area contributed by atoms with E-state index in [0.29, 0.717) is 18.8 Å². The summed E-state index contributed by atoms with van der Waals surface area (Å²) in [7, 11) is 1.63. The van der Waals surface area contributed by atoms with Crippen LogP contribution < -0.4 is 27.2 Å². The van der Waals surface area contributed by atoms with Crippen LogP contribution in [0.3, 0.4) is 0 Å². The Morgan fingerprint density at radius 1 is 1.36 bits per heavy atom. The molecule has 0 spiro atoms. The number of methoxy groups -OCH3 is 1. The Labute approximate surface area is 138 Å². The van der Waals surface area contributed by atoms with Gasteiger partial charge in [0.05, 0.1) is 25.9 Å². The third-order valence-corrected chi connectivity index (χ3v) is 3.75. The lowest BCUT2D eigenvalue weighted by molar-refractivity contribution is -0.117. The van der Waals surface area contributed by atoms with Gasteiger partial charge in [0.1, 0.15) is 11.5 Å². The minimum absolute atomic E-state index is 0. The van der Waals surface area contributed by atoms with Crippen LogP contribution in [0.2, 0.25) is 0 Å². The van der Waals surface area contributed by atoms with E-state index in [1.807, 2.05) is 26.0 Å². The normalized spacial score (nSPS) is 12.9. The van der Waals surface area contributed by atoms with Crippen molar-refractivity contribution in [2.24, 2.45) is 0 Å². The van der Waals surface area contributed by atoms with Gasteiger partial charge in [0.25, 0.3) is 0 Å². The first-order valence-electron chi connectivity index (χ1n) is 7.53. The second-order valence-corrected chi connectivity index (χ2v) is 5.12. The summed E-state index contributed by atoms with van der Waals surface area (Å²) >= 11 is 0. The molecule has 1 aliphatic heterocycles. The van der Waals surface area contributed by atoms with Crippen molar-refractivity contribution in [3.63, 3.8) is 0 Å². The molecule has 1 aliphatic rings. The largest absolute Gasteiger partial charge is 1.00 e. The summed E-state index contributed by atoms with van der Waals surface area (Å²) in [6.45, 7) is 6.89. The van der Waals surface area contributed by atoms with E-state index in [1.54, 1.807) is 7.11 Å². The Morgan fingerprint density at radius 2 is 2.09 bits per heavy atom. The van der Waals surface area contributed by atoms with Crippen molar-refractivity contribution in [1.82, 2.24) is 4.90 Å². The highest BCUT2D eigenvalue weighted by Gasteiger charge is 2.18. The van der Waals surface area contributed by atoms with E-state index in [1.165, 1.54) is 0 Å². The molecule has 0 bridgehead atoms. The molecule has 0 aliphatic carbocycles. The second kappa shape index (κ2) is 8.86. The zero-order valence-corrected chi connectivity index (χ0v) is 14.2. The average molecular weight is 328 g/mol. The number of hydrogen-bond acceptors (Lipinski definition) is 4. The van der Waals surface area contributed by atoms with Crippen LogP contribution in [-0.2, 0) is 11.2 Å². The molecule has 1 heterocycles. The fourth-order valence-electron chi connectivity index (χ4n) is 2.50. The van der Waals surface area contributed by atoms with Crippen LogP contribution in [0.4, 0.5) is 5.69 Å². The summed E-state index contributed by atoms with van der Waals surface area (Å²) in [5.74, 6) is 1.51. The molecule has 6 heteroatoms. The van der Waals surface area contributed by atoms with Gasteiger partial charge in [0.2, 0.25) is 5.91 Å². The lowest BCUT2D eigenvalue weighted by atomic mass is 10.0. The molecule has 22 heavy (non-hydrogen) atoms. The molecule has 0 saturated heterocycles. The first-order chi connectivity index (χ1) is 10.2. The number of halogens is 1. The monoisotopic (exact) mass is 327 g/mol. The maximum Gasteiger partial charge on any atom is 0.238 e. The van der Waals surface area contributed by atoms with Crippen molar-refractivity contribution >= 4 is 11.6 Å². The smallest absolute Gasteiger partial charge is 0.238 e. The van der Waals surface area contributed by atoms with Gasteiger partial charge in [-0.25, -0.2) is 0 Å². The minimum atomic E-state index is -0.0247. The van der Waals surface area contributed by atoms with Gasteiger partial charge in [-0.15, -0.1) is 0 Å². The van der Waals surface area contributed by atoms with Gasteiger partial charge in [-0.3, -0.25) is 9.69 Å². The number of likely N-dealkylation sites (N-methyl/N-ethyl adjacent to an activating group) is 1. The molecule has 1 aromatic rings. The first kappa shape index (κ1) is 18.6. The lowest BCUT2D eigenvalue weighted by Crippen LogP contribution is -3.00. The molecule has 5 nitrogen and oxygen atoms in total. The highest BCUT2D eigenvalue weighted by Crippen LogP contribution is 2.37. The highest BCUT2D eigenvalue weighted by molar-refractivity contribution is 5.94. The summed E-state index contributed by atoms with van der Waals surface area (Å²) < 4.78 is 11.0. The van der Waals surface area contributed by atoms with Crippen LogP contribution >= 0.6 is 0 Å². The van der Waals surface area contributed by atoms with Gasteiger partial charge in [-0.1, -0.05) is 13.8 Å². The Kier molecular flexibility index (Phi) is 7.48. The second-order valence-electron chi connectivity index (χ2n) is 5.12. The number of carbonyl (C=O) groups excluding carboxylic acids is 1. The number of rotatable bonds is 6. The van der Waals surface area contributed by atoms with Crippen LogP contribution in [-0.4, -0.2) is 44.2 Å². The van der Waals surface area contributed by atoms with Crippen molar-refractivity contribution in [3.8, 4) is 11.5 Å². The molecular weight excluding hydrogens is 304 g/mol. The molecule has 1 N–H and O–H groups in total. The highest BCUT2D eigenvalue weighted by atomic mass is 35.5. The van der Waals surface area contributed by atoms with Crippen molar-refractivity contribution in [2.75, 3.05) is 38.7 Å². The third kappa shape index (κ3) is 4.52. The molecule has 0 unspecified atom stereocenters. The van der Waals surface area contributed by atoms with E-state index >= 15 is 0 Å². The van der Waals surface area contributed by atoms with E-state index in [-0.39, 0.29) is 18.3 Å². The Bertz CT molecular complexity index is 504. The topological polar surface area (TPSA) is 50.8 Å². The van der Waals surface area contributed by atoms with Crippen molar-refractivity contribution < 1.29 is 26.7 Å². The fourth-order valence-corrected chi connectivity index (χ4v) is 2.50. The standard InChI is InChI=1S/C16H24N2O3.ClH/c1-4-18(5-2)11-15(19)17-14-10-13(20-3)9-12-7-6-8-21-16(12)14;/h9-10H,4-8,11H2,1-3H3,(H,17,19);1H/p-1. The van der Waals surface area contributed by atoms with Crippen LogP contribution in [0.15, 0.2) is 12.1 Å². The van der Waals surface area contributed by atoms with Gasteiger partial charge in [0.15, 0.2) is 0 Å². The van der Waals surface area contributed by atoms with Gasteiger partial charge in [-0.2, -0.15) is 0 Å². The summed E-state index contributed by atoms with van der Waals surface area (Å²) in [6.07, 6.45) is 1.94. The maximum absolute atomic E-state index is 12.2. The van der Waals surface area contributed by atoms with Crippen LogP contribution in [0.1, 0.15) is 25.8 Å². The third-order valence-electron chi connectivity index (χ3n) is 3.75. The Balaban J connectivity index is 0.00000242. The summed E-state index contributed by atoms with van der Waals surface area (Å²) in [5.41, 5.74) is 1.81. The molecule has 0 radical (unpaired) electrons. The zero-order chi connectivity index (χ0) is 15.2. The van der Waals surface area contributed by atoms with Crippen molar-refractivity contribution in [1.29, 1.82) is 0 Å². The SMILES string of the molecule is CCN(CC)CC(=O)Nc1cc(OC)cc2c1OCCC2.[Cl-]. The molecule has 0 fully saturated rings. The van der Waals surface area contributed by atoms with Crippen molar-refractivity contribution in [2.45, 2.75) is 26.7 Å². The number of fused-ring (bicyclic) bond motifs is 1. The maximum atomic E-state index is 12.2. The van der Waals surface area contributed by atoms with Gasteiger partial charge < -0.3 is 27.2 Å². The van der Waals surface area contributed by atoms with Gasteiger partial charge >= 0.3 is 0 Å². The molecule has 2 rings (SSSR count). The number of anilines is 1. The van der Waals surface area contributed by atoms with Gasteiger partial charge in [0, 0.05) is 11.6 Å². The molecular formula is C16H24ClN2O3-. The van der Waals surface area contributed by atoms with Gasteiger partial charge in [-0.05, 0) is 32.0 Å². The number of nitrogens with one attached hydrogen (secondary N) is 1. The number of amides is 1. The van der Waals surface area contributed by atoms with E-state index in [9.17, 15) is 4.79 Å². The summed E-state index contributed by atoms with van der Waals surface area (Å²) in [5, 5.41) is 2.96. The lowest BCUT2D eigenvalue weighted by Gasteiger charge is -2.23. The number of nitrogens with zero attached hydrogens (tertiary/aromatic N) is 1. The summed E-state index contributed by atoms with van der Waals surface area (Å²) in [4.78, 5) is 14.2. The summed E-state index contributed by atoms with van der Waals surface area (Å²) in [6, 6.07) is 3.80. The average Bonchev–Trinajstić information content (AvgIpc) is 2.52. The minimum Gasteiger partial charge on any atom is -1.00 e. The van der Waals surface area contributed by atoms with Crippen LogP contribution in [0.5, 0.6) is 11.5 Å². The van der Waals surface area contributed by atoms with E-state index in [4.69, 9.17) is 9.47 Å².